The van der Waals surface area contributed by atoms with Crippen LogP contribution in [0.3, 0.4) is 0 Å². The van der Waals surface area contributed by atoms with Gasteiger partial charge in [0.15, 0.2) is 0 Å². The number of likely N-dealkylation sites (tertiary alicyclic amines) is 1. The molecule has 2 saturated heterocycles. The second-order valence-corrected chi connectivity index (χ2v) is 7.21. The van der Waals surface area contributed by atoms with E-state index in [2.05, 4.69) is 20.0 Å². The van der Waals surface area contributed by atoms with Crippen LogP contribution >= 0.6 is 0 Å². The summed E-state index contributed by atoms with van der Waals surface area (Å²) < 4.78 is 0. The lowest BCUT2D eigenvalue weighted by Gasteiger charge is -2.49. The Hall–Kier alpha value is -1.40. The van der Waals surface area contributed by atoms with E-state index >= 15 is 0 Å². The molecular weight excluding hydrogens is 290 g/mol. The van der Waals surface area contributed by atoms with E-state index in [1.54, 1.807) is 12.4 Å². The van der Waals surface area contributed by atoms with E-state index in [1.807, 2.05) is 4.90 Å². The van der Waals surface area contributed by atoms with Crippen LogP contribution < -0.4 is 0 Å². The molecule has 1 aromatic rings. The summed E-state index contributed by atoms with van der Waals surface area (Å²) in [4.78, 5) is 19.4. The van der Waals surface area contributed by atoms with E-state index in [4.69, 9.17) is 0 Å². The fraction of sp³-hybridized carbons (Fsp3) is 0.765. The molecule has 3 heterocycles. The zero-order valence-electron chi connectivity index (χ0n) is 13.8. The molecule has 4 rings (SSSR count). The van der Waals surface area contributed by atoms with E-state index in [-0.39, 0.29) is 5.91 Å². The molecule has 0 atom stereocenters. The first-order chi connectivity index (χ1) is 11.3. The minimum Gasteiger partial charge on any atom is -0.335 e. The van der Waals surface area contributed by atoms with Gasteiger partial charge in [-0.05, 0) is 12.8 Å². The summed E-state index contributed by atoms with van der Waals surface area (Å²) in [7, 11) is 0. The zero-order valence-corrected chi connectivity index (χ0v) is 13.8. The van der Waals surface area contributed by atoms with E-state index < -0.39 is 0 Å². The van der Waals surface area contributed by atoms with Crippen LogP contribution in [-0.4, -0.2) is 82.2 Å². The summed E-state index contributed by atoms with van der Waals surface area (Å²) >= 11 is 0. The molecule has 2 aliphatic heterocycles. The molecule has 0 spiro atoms. The second-order valence-electron chi connectivity index (χ2n) is 7.21. The average molecular weight is 317 g/mol. The molecule has 6 heteroatoms. The summed E-state index contributed by atoms with van der Waals surface area (Å²) in [6, 6.07) is 1.39. The molecule has 3 fully saturated rings. The van der Waals surface area contributed by atoms with Gasteiger partial charge in [0.1, 0.15) is 0 Å². The first kappa shape index (κ1) is 15.1. The highest BCUT2D eigenvalue weighted by Crippen LogP contribution is 2.25. The molecule has 1 N–H and O–H groups in total. The van der Waals surface area contributed by atoms with Crippen molar-refractivity contribution in [1.29, 1.82) is 0 Å². The lowest BCUT2D eigenvalue weighted by atomic mass is 9.93. The molecule has 0 aromatic carbocycles. The summed E-state index contributed by atoms with van der Waals surface area (Å²) in [5, 5.41) is 6.57. The van der Waals surface area contributed by atoms with Crippen LogP contribution in [0.25, 0.3) is 0 Å². The van der Waals surface area contributed by atoms with E-state index in [1.165, 1.54) is 45.2 Å². The van der Waals surface area contributed by atoms with Gasteiger partial charge in [-0.1, -0.05) is 19.3 Å². The molecule has 23 heavy (non-hydrogen) atoms. The van der Waals surface area contributed by atoms with Crippen molar-refractivity contribution in [3.63, 3.8) is 0 Å². The number of carbonyl (C=O) groups excluding carboxylic acids is 1. The third-order valence-corrected chi connectivity index (χ3v) is 5.85. The zero-order chi connectivity index (χ0) is 15.6. The van der Waals surface area contributed by atoms with E-state index in [9.17, 15) is 4.79 Å². The predicted octanol–water partition coefficient (Wildman–Crippen LogP) is 1.18. The lowest BCUT2D eigenvalue weighted by Crippen LogP contribution is -2.64. The fourth-order valence-electron chi connectivity index (χ4n) is 4.32. The Balaban J connectivity index is 1.22. The van der Waals surface area contributed by atoms with Crippen molar-refractivity contribution in [2.75, 3.05) is 39.3 Å². The van der Waals surface area contributed by atoms with Gasteiger partial charge in [-0.3, -0.25) is 19.7 Å². The molecule has 126 valence electrons. The van der Waals surface area contributed by atoms with Crippen molar-refractivity contribution >= 4 is 5.91 Å². The van der Waals surface area contributed by atoms with Gasteiger partial charge < -0.3 is 4.90 Å². The number of aromatic amines is 1. The van der Waals surface area contributed by atoms with Gasteiger partial charge in [0, 0.05) is 57.5 Å². The molecule has 6 nitrogen and oxygen atoms in total. The number of nitrogens with zero attached hydrogens (tertiary/aromatic N) is 4. The van der Waals surface area contributed by atoms with Crippen LogP contribution in [0.15, 0.2) is 12.4 Å². The Labute approximate surface area is 137 Å². The number of H-pyrrole nitrogens is 1. The fourth-order valence-corrected chi connectivity index (χ4v) is 4.32. The minimum atomic E-state index is 0.107. The highest BCUT2D eigenvalue weighted by molar-refractivity contribution is 5.94. The minimum absolute atomic E-state index is 0.107. The van der Waals surface area contributed by atoms with Crippen LogP contribution in [0.4, 0.5) is 0 Å². The molecule has 1 amide bonds. The van der Waals surface area contributed by atoms with E-state index in [0.29, 0.717) is 11.6 Å². The van der Waals surface area contributed by atoms with E-state index in [0.717, 1.165) is 32.2 Å². The van der Waals surface area contributed by atoms with Gasteiger partial charge >= 0.3 is 0 Å². The number of aromatic nitrogens is 2. The van der Waals surface area contributed by atoms with Gasteiger partial charge in [-0.25, -0.2) is 0 Å². The summed E-state index contributed by atoms with van der Waals surface area (Å²) in [5.74, 6) is 0.107. The normalized spacial score (nSPS) is 25.5. The Bertz CT molecular complexity index is 511. The molecular formula is C17H27N5O. The van der Waals surface area contributed by atoms with Gasteiger partial charge in [0.25, 0.3) is 5.91 Å². The number of carbonyl (C=O) groups is 1. The number of rotatable bonds is 3. The van der Waals surface area contributed by atoms with Gasteiger partial charge in [0.2, 0.25) is 0 Å². The first-order valence-electron chi connectivity index (χ1n) is 9.07. The topological polar surface area (TPSA) is 55.5 Å². The first-order valence-corrected chi connectivity index (χ1v) is 9.07. The van der Waals surface area contributed by atoms with Crippen LogP contribution in [-0.2, 0) is 0 Å². The highest BCUT2D eigenvalue weighted by atomic mass is 16.2. The number of amides is 1. The van der Waals surface area contributed by atoms with Crippen LogP contribution in [0.2, 0.25) is 0 Å². The smallest absolute Gasteiger partial charge is 0.257 e. The SMILES string of the molecule is O=C(c1cn[nH]c1)N1CC(N2CCN(C3CCCCC3)CC2)C1. The monoisotopic (exact) mass is 317 g/mol. The van der Waals surface area contributed by atoms with Crippen molar-refractivity contribution in [1.82, 2.24) is 24.9 Å². The molecule has 3 aliphatic rings. The summed E-state index contributed by atoms with van der Waals surface area (Å²) in [6.07, 6.45) is 10.3. The number of hydrogen-bond donors (Lipinski definition) is 1. The molecule has 1 saturated carbocycles. The molecule has 0 unspecified atom stereocenters. The Morgan fingerprint density at radius 2 is 1.65 bits per heavy atom. The molecule has 1 aliphatic carbocycles. The van der Waals surface area contributed by atoms with Crippen molar-refractivity contribution in [3.05, 3.63) is 18.0 Å². The molecule has 0 bridgehead atoms. The second kappa shape index (κ2) is 6.61. The highest BCUT2D eigenvalue weighted by Gasteiger charge is 2.37. The third kappa shape index (κ3) is 3.15. The molecule has 0 radical (unpaired) electrons. The number of hydrogen-bond acceptors (Lipinski definition) is 4. The molecule has 1 aromatic heterocycles. The van der Waals surface area contributed by atoms with Crippen molar-refractivity contribution in [2.45, 2.75) is 44.2 Å². The lowest BCUT2D eigenvalue weighted by molar-refractivity contribution is -0.00262. The van der Waals surface area contributed by atoms with Gasteiger partial charge in [-0.15, -0.1) is 0 Å². The van der Waals surface area contributed by atoms with Crippen LogP contribution in [0.1, 0.15) is 42.5 Å². The van der Waals surface area contributed by atoms with Crippen molar-refractivity contribution in [3.8, 4) is 0 Å². The largest absolute Gasteiger partial charge is 0.335 e. The Kier molecular flexibility index (Phi) is 4.35. The Morgan fingerprint density at radius 3 is 2.26 bits per heavy atom. The van der Waals surface area contributed by atoms with Crippen LogP contribution in [0.5, 0.6) is 0 Å². The summed E-state index contributed by atoms with van der Waals surface area (Å²) in [6.45, 7) is 6.47. The quantitative estimate of drug-likeness (QED) is 0.910. The van der Waals surface area contributed by atoms with Crippen LogP contribution in [0, 0.1) is 0 Å². The summed E-state index contributed by atoms with van der Waals surface area (Å²) in [5.41, 5.74) is 0.672. The third-order valence-electron chi connectivity index (χ3n) is 5.85. The maximum Gasteiger partial charge on any atom is 0.257 e. The number of nitrogens with one attached hydrogen (secondary N) is 1. The predicted molar refractivity (Wildman–Crippen MR) is 88.3 cm³/mol. The maximum absolute atomic E-state index is 12.2. The van der Waals surface area contributed by atoms with Crippen molar-refractivity contribution in [2.24, 2.45) is 0 Å². The van der Waals surface area contributed by atoms with Gasteiger partial charge in [0.05, 0.1) is 11.8 Å². The number of piperazine rings is 1. The maximum atomic E-state index is 12.2. The van der Waals surface area contributed by atoms with Crippen molar-refractivity contribution < 1.29 is 4.79 Å². The Morgan fingerprint density at radius 1 is 1.00 bits per heavy atom. The van der Waals surface area contributed by atoms with Gasteiger partial charge in [-0.2, -0.15) is 5.10 Å². The average Bonchev–Trinajstić information content (AvgIpc) is 3.09. The standard InChI is InChI=1S/C17H27N5O/c23-17(14-10-18-19-11-14)22-12-16(13-22)21-8-6-20(7-9-21)15-4-2-1-3-5-15/h10-11,15-16H,1-9,12-13H2,(H,18,19).